The number of hydrogen-bond acceptors (Lipinski definition) is 3. The molecule has 0 radical (unpaired) electrons. The lowest BCUT2D eigenvalue weighted by Crippen LogP contribution is -2.04. The monoisotopic (exact) mass is 307 g/mol. The van der Waals surface area contributed by atoms with Gasteiger partial charge in [-0.3, -0.25) is 5.10 Å². The number of nitrogens with zero attached hydrogens (tertiary/aromatic N) is 1. The number of anilines is 1. The Morgan fingerprint density at radius 3 is 2.61 bits per heavy atom. The first-order valence-corrected chi connectivity index (χ1v) is 7.76. The third-order valence-corrected chi connectivity index (χ3v) is 3.49. The van der Waals surface area contributed by atoms with Gasteiger partial charge in [-0.15, -0.1) is 0 Å². The predicted molar refractivity (Wildman–Crippen MR) is 94.2 cm³/mol. The SMILES string of the molecule is CC(C)COc1cccc(-c2cc(-c3cccc(N)c3)n[nH]2)c1. The van der Waals surface area contributed by atoms with Crippen LogP contribution in [0.15, 0.2) is 54.6 Å². The number of nitrogens with two attached hydrogens (primary N) is 1. The fourth-order valence-corrected chi connectivity index (χ4v) is 2.33. The van der Waals surface area contributed by atoms with Gasteiger partial charge in [0.25, 0.3) is 0 Å². The molecule has 118 valence electrons. The summed E-state index contributed by atoms with van der Waals surface area (Å²) in [6, 6.07) is 17.8. The van der Waals surface area contributed by atoms with Crippen molar-refractivity contribution in [2.75, 3.05) is 12.3 Å². The first-order chi connectivity index (χ1) is 11.1. The molecule has 0 saturated carbocycles. The lowest BCUT2D eigenvalue weighted by molar-refractivity contribution is 0.271. The molecule has 3 aromatic rings. The van der Waals surface area contributed by atoms with Crippen molar-refractivity contribution in [2.45, 2.75) is 13.8 Å². The van der Waals surface area contributed by atoms with Gasteiger partial charge in [-0.05, 0) is 36.2 Å². The van der Waals surface area contributed by atoms with Gasteiger partial charge in [-0.2, -0.15) is 5.10 Å². The molecule has 2 aromatic carbocycles. The van der Waals surface area contributed by atoms with E-state index >= 15 is 0 Å². The highest BCUT2D eigenvalue weighted by molar-refractivity contribution is 5.70. The van der Waals surface area contributed by atoms with Gasteiger partial charge in [0.15, 0.2) is 0 Å². The molecular weight excluding hydrogens is 286 g/mol. The Morgan fingerprint density at radius 2 is 1.83 bits per heavy atom. The van der Waals surface area contributed by atoms with Crippen molar-refractivity contribution in [3.63, 3.8) is 0 Å². The molecule has 1 heterocycles. The Kier molecular flexibility index (Phi) is 4.33. The van der Waals surface area contributed by atoms with Crippen molar-refractivity contribution in [1.82, 2.24) is 10.2 Å². The van der Waals surface area contributed by atoms with Crippen LogP contribution in [-0.4, -0.2) is 16.8 Å². The van der Waals surface area contributed by atoms with E-state index in [9.17, 15) is 0 Å². The summed E-state index contributed by atoms with van der Waals surface area (Å²) in [7, 11) is 0. The highest BCUT2D eigenvalue weighted by atomic mass is 16.5. The minimum atomic E-state index is 0.501. The highest BCUT2D eigenvalue weighted by Gasteiger charge is 2.07. The molecular formula is C19H21N3O. The maximum atomic E-state index is 5.84. The minimum absolute atomic E-state index is 0.501. The zero-order valence-electron chi connectivity index (χ0n) is 13.4. The second kappa shape index (κ2) is 6.57. The van der Waals surface area contributed by atoms with Crippen LogP contribution in [0, 0.1) is 5.92 Å². The predicted octanol–water partition coefficient (Wildman–Crippen LogP) is 4.36. The van der Waals surface area contributed by atoms with Gasteiger partial charge < -0.3 is 10.5 Å². The van der Waals surface area contributed by atoms with E-state index < -0.39 is 0 Å². The molecule has 4 heteroatoms. The third-order valence-electron chi connectivity index (χ3n) is 3.49. The van der Waals surface area contributed by atoms with E-state index in [2.05, 4.69) is 24.0 Å². The molecule has 1 aromatic heterocycles. The Labute approximate surface area is 136 Å². The van der Waals surface area contributed by atoms with E-state index in [4.69, 9.17) is 10.5 Å². The molecule has 0 saturated heterocycles. The number of H-pyrrole nitrogens is 1. The van der Waals surface area contributed by atoms with Crippen LogP contribution in [0.1, 0.15) is 13.8 Å². The maximum absolute atomic E-state index is 5.84. The van der Waals surface area contributed by atoms with Gasteiger partial charge in [0, 0.05) is 16.8 Å². The first-order valence-electron chi connectivity index (χ1n) is 7.76. The van der Waals surface area contributed by atoms with Crippen LogP contribution in [0.4, 0.5) is 5.69 Å². The zero-order valence-corrected chi connectivity index (χ0v) is 13.4. The number of ether oxygens (including phenoxy) is 1. The fourth-order valence-electron chi connectivity index (χ4n) is 2.33. The Morgan fingerprint density at radius 1 is 1.04 bits per heavy atom. The average molecular weight is 307 g/mol. The van der Waals surface area contributed by atoms with E-state index in [1.165, 1.54) is 0 Å². The molecule has 0 spiro atoms. The lowest BCUT2D eigenvalue weighted by Gasteiger charge is -2.09. The summed E-state index contributed by atoms with van der Waals surface area (Å²) in [6.07, 6.45) is 0. The number of aromatic nitrogens is 2. The van der Waals surface area contributed by atoms with Crippen LogP contribution in [0.3, 0.4) is 0 Å². The molecule has 0 aliphatic rings. The summed E-state index contributed by atoms with van der Waals surface area (Å²) < 4.78 is 5.79. The molecule has 0 unspecified atom stereocenters. The van der Waals surface area contributed by atoms with E-state index in [1.807, 2.05) is 54.6 Å². The van der Waals surface area contributed by atoms with E-state index in [0.717, 1.165) is 34.0 Å². The minimum Gasteiger partial charge on any atom is -0.493 e. The summed E-state index contributed by atoms with van der Waals surface area (Å²) in [6.45, 7) is 4.98. The number of rotatable bonds is 5. The molecule has 3 N–H and O–H groups in total. The van der Waals surface area contributed by atoms with Crippen molar-refractivity contribution < 1.29 is 4.74 Å². The van der Waals surface area contributed by atoms with Crippen LogP contribution in [-0.2, 0) is 0 Å². The first kappa shape index (κ1) is 15.2. The van der Waals surface area contributed by atoms with Gasteiger partial charge in [0.1, 0.15) is 5.75 Å². The molecule has 0 aliphatic heterocycles. The van der Waals surface area contributed by atoms with Crippen LogP contribution >= 0.6 is 0 Å². The Balaban J connectivity index is 1.84. The topological polar surface area (TPSA) is 63.9 Å². The smallest absolute Gasteiger partial charge is 0.119 e. The molecule has 0 amide bonds. The van der Waals surface area contributed by atoms with Crippen LogP contribution in [0.2, 0.25) is 0 Å². The lowest BCUT2D eigenvalue weighted by atomic mass is 10.1. The quantitative estimate of drug-likeness (QED) is 0.688. The van der Waals surface area contributed by atoms with Gasteiger partial charge in [0.05, 0.1) is 18.0 Å². The molecule has 0 bridgehead atoms. The van der Waals surface area contributed by atoms with Crippen molar-refractivity contribution in [3.05, 3.63) is 54.6 Å². The van der Waals surface area contributed by atoms with Crippen molar-refractivity contribution in [2.24, 2.45) is 5.92 Å². The fraction of sp³-hybridized carbons (Fsp3) is 0.211. The number of nitrogens with one attached hydrogen (secondary N) is 1. The molecule has 4 nitrogen and oxygen atoms in total. The molecule has 23 heavy (non-hydrogen) atoms. The van der Waals surface area contributed by atoms with E-state index in [1.54, 1.807) is 0 Å². The molecule has 0 aliphatic carbocycles. The normalized spacial score (nSPS) is 10.9. The Bertz CT molecular complexity index is 793. The van der Waals surface area contributed by atoms with Crippen LogP contribution in [0.25, 0.3) is 22.5 Å². The number of benzene rings is 2. The van der Waals surface area contributed by atoms with Gasteiger partial charge in [0.2, 0.25) is 0 Å². The summed E-state index contributed by atoms with van der Waals surface area (Å²) in [5.74, 6) is 1.37. The van der Waals surface area contributed by atoms with Crippen molar-refractivity contribution in [3.8, 4) is 28.3 Å². The van der Waals surface area contributed by atoms with Crippen LogP contribution < -0.4 is 10.5 Å². The van der Waals surface area contributed by atoms with Gasteiger partial charge in [-0.25, -0.2) is 0 Å². The van der Waals surface area contributed by atoms with Crippen molar-refractivity contribution >= 4 is 5.69 Å². The summed E-state index contributed by atoms with van der Waals surface area (Å²) >= 11 is 0. The number of hydrogen-bond donors (Lipinski definition) is 2. The summed E-state index contributed by atoms with van der Waals surface area (Å²) in [5, 5.41) is 7.47. The van der Waals surface area contributed by atoms with Gasteiger partial charge in [-0.1, -0.05) is 38.1 Å². The number of aromatic amines is 1. The standard InChI is InChI=1S/C19H21N3O/c1-13(2)12-23-17-8-4-6-15(10-17)19-11-18(21-22-19)14-5-3-7-16(20)9-14/h3-11,13H,12,20H2,1-2H3,(H,21,22). The van der Waals surface area contributed by atoms with E-state index in [-0.39, 0.29) is 0 Å². The van der Waals surface area contributed by atoms with E-state index in [0.29, 0.717) is 12.5 Å². The van der Waals surface area contributed by atoms with Gasteiger partial charge >= 0.3 is 0 Å². The molecule has 3 rings (SSSR count). The third kappa shape index (κ3) is 3.72. The highest BCUT2D eigenvalue weighted by Crippen LogP contribution is 2.27. The maximum Gasteiger partial charge on any atom is 0.119 e. The number of nitrogen functional groups attached to an aromatic ring is 1. The Hall–Kier alpha value is -2.75. The van der Waals surface area contributed by atoms with Crippen LogP contribution in [0.5, 0.6) is 5.75 Å². The molecule has 0 fully saturated rings. The average Bonchev–Trinajstić information content (AvgIpc) is 3.03. The summed E-state index contributed by atoms with van der Waals surface area (Å²) in [4.78, 5) is 0. The zero-order chi connectivity index (χ0) is 16.2. The second-order valence-electron chi connectivity index (χ2n) is 6.03. The largest absolute Gasteiger partial charge is 0.493 e. The van der Waals surface area contributed by atoms with Crippen molar-refractivity contribution in [1.29, 1.82) is 0 Å². The second-order valence-corrected chi connectivity index (χ2v) is 6.03. The summed E-state index contributed by atoms with van der Waals surface area (Å²) in [5.41, 5.74) is 10.5. The molecule has 0 atom stereocenters.